The van der Waals surface area contributed by atoms with Gasteiger partial charge in [0.1, 0.15) is 5.75 Å². The normalized spacial score (nSPS) is 11.2. The first-order valence-corrected chi connectivity index (χ1v) is 5.92. The molecule has 1 unspecified atom stereocenters. The zero-order valence-corrected chi connectivity index (χ0v) is 10.4. The molecule has 0 aromatic heterocycles. The molecule has 0 radical (unpaired) electrons. The Kier molecular flexibility index (Phi) is 4.64. The van der Waals surface area contributed by atoms with Crippen LogP contribution >= 0.6 is 9.24 Å². The topological polar surface area (TPSA) is 32.3 Å². The number of para-hydroxylation sites is 1. The molecule has 82 valence electrons. The van der Waals surface area contributed by atoms with Crippen LogP contribution in [-0.2, 0) is 0 Å². The van der Waals surface area contributed by atoms with Gasteiger partial charge in [-0.25, -0.2) is 0 Å². The molecule has 0 spiro atoms. The van der Waals surface area contributed by atoms with Gasteiger partial charge >= 0.3 is 0 Å². The number of anilines is 1. The summed E-state index contributed by atoms with van der Waals surface area (Å²) in [6, 6.07) is 5.84. The van der Waals surface area contributed by atoms with Crippen molar-refractivity contribution in [2.45, 2.75) is 19.9 Å². The van der Waals surface area contributed by atoms with Gasteiger partial charge in [-0.1, -0.05) is 24.3 Å². The summed E-state index contributed by atoms with van der Waals surface area (Å²) >= 11 is 0. The molecule has 0 fully saturated rings. The van der Waals surface area contributed by atoms with Crippen LogP contribution in [0.25, 0.3) is 6.08 Å². The van der Waals surface area contributed by atoms with Gasteiger partial charge in [0.05, 0.1) is 5.69 Å². The standard InChI is InChI=1S/C12H18NOP/c1-9(2)13-12-10(6-4-8-15)5-3-7-11(12)14/h3-7,9,13-14H,8,15H2,1-2H3/b6-4-. The number of benzene rings is 1. The van der Waals surface area contributed by atoms with E-state index in [-0.39, 0.29) is 0 Å². The minimum atomic E-state index is 0.301. The lowest BCUT2D eigenvalue weighted by Gasteiger charge is -2.14. The number of hydrogen-bond acceptors (Lipinski definition) is 2. The fraction of sp³-hybridized carbons (Fsp3) is 0.333. The highest BCUT2D eigenvalue weighted by Crippen LogP contribution is 2.28. The van der Waals surface area contributed by atoms with Crippen molar-refractivity contribution in [3.63, 3.8) is 0 Å². The summed E-state index contributed by atoms with van der Waals surface area (Å²) in [6.45, 7) is 4.10. The first kappa shape index (κ1) is 12.1. The monoisotopic (exact) mass is 223 g/mol. The molecule has 1 aromatic carbocycles. The van der Waals surface area contributed by atoms with Crippen LogP contribution in [0, 0.1) is 0 Å². The predicted molar refractivity (Wildman–Crippen MR) is 70.5 cm³/mol. The van der Waals surface area contributed by atoms with Gasteiger partial charge in [-0.15, -0.1) is 9.24 Å². The van der Waals surface area contributed by atoms with Gasteiger partial charge in [0.15, 0.2) is 0 Å². The Morgan fingerprint density at radius 2 is 2.20 bits per heavy atom. The van der Waals surface area contributed by atoms with Gasteiger partial charge in [-0.3, -0.25) is 0 Å². The zero-order valence-electron chi connectivity index (χ0n) is 9.20. The van der Waals surface area contributed by atoms with E-state index in [4.69, 9.17) is 0 Å². The van der Waals surface area contributed by atoms with Gasteiger partial charge in [0.2, 0.25) is 0 Å². The number of phenolic OH excluding ortho intramolecular Hbond substituents is 1. The van der Waals surface area contributed by atoms with E-state index in [1.165, 1.54) is 0 Å². The van der Waals surface area contributed by atoms with Crippen molar-refractivity contribution in [1.29, 1.82) is 0 Å². The van der Waals surface area contributed by atoms with E-state index < -0.39 is 0 Å². The fourth-order valence-corrected chi connectivity index (χ4v) is 1.47. The maximum atomic E-state index is 9.74. The summed E-state index contributed by atoms with van der Waals surface area (Å²) in [5.74, 6) is 0.301. The van der Waals surface area contributed by atoms with Gasteiger partial charge in [0.25, 0.3) is 0 Å². The summed E-state index contributed by atoms with van der Waals surface area (Å²) in [7, 11) is 2.64. The minimum Gasteiger partial charge on any atom is -0.506 e. The molecule has 0 aliphatic carbocycles. The minimum absolute atomic E-state index is 0.301. The lowest BCUT2D eigenvalue weighted by Crippen LogP contribution is -2.10. The molecule has 1 atom stereocenters. The summed E-state index contributed by atoms with van der Waals surface area (Å²) in [6.07, 6.45) is 4.97. The Morgan fingerprint density at radius 3 is 2.80 bits per heavy atom. The highest BCUT2D eigenvalue weighted by atomic mass is 31.0. The Labute approximate surface area is 93.6 Å². The molecule has 1 rings (SSSR count). The van der Waals surface area contributed by atoms with Crippen molar-refractivity contribution < 1.29 is 5.11 Å². The van der Waals surface area contributed by atoms with Gasteiger partial charge in [-0.05, 0) is 26.1 Å². The fourth-order valence-electron chi connectivity index (χ4n) is 1.34. The second-order valence-electron chi connectivity index (χ2n) is 3.68. The molecule has 0 aliphatic heterocycles. The smallest absolute Gasteiger partial charge is 0.139 e. The van der Waals surface area contributed by atoms with Crippen LogP contribution in [0.5, 0.6) is 5.75 Å². The van der Waals surface area contributed by atoms with Gasteiger partial charge < -0.3 is 10.4 Å². The molecule has 0 heterocycles. The highest BCUT2D eigenvalue weighted by Gasteiger charge is 2.05. The summed E-state index contributed by atoms with van der Waals surface area (Å²) < 4.78 is 0. The van der Waals surface area contributed by atoms with E-state index in [1.807, 2.05) is 24.3 Å². The predicted octanol–water partition coefficient (Wildman–Crippen LogP) is 3.10. The SMILES string of the molecule is CC(C)Nc1c(O)cccc1/C=C\CP. The van der Waals surface area contributed by atoms with E-state index in [9.17, 15) is 5.11 Å². The van der Waals surface area contributed by atoms with E-state index >= 15 is 0 Å². The third kappa shape index (κ3) is 3.56. The average molecular weight is 223 g/mol. The van der Waals surface area contributed by atoms with E-state index in [0.29, 0.717) is 11.8 Å². The molecular weight excluding hydrogens is 205 g/mol. The molecule has 0 saturated heterocycles. The lowest BCUT2D eigenvalue weighted by atomic mass is 10.1. The summed E-state index contributed by atoms with van der Waals surface area (Å²) in [5.41, 5.74) is 1.83. The number of rotatable bonds is 4. The number of nitrogens with one attached hydrogen (secondary N) is 1. The second-order valence-corrected chi connectivity index (χ2v) is 4.15. The Morgan fingerprint density at radius 1 is 1.47 bits per heavy atom. The molecule has 2 N–H and O–H groups in total. The molecule has 3 heteroatoms. The third-order valence-corrected chi connectivity index (χ3v) is 2.21. The summed E-state index contributed by atoms with van der Waals surface area (Å²) in [5, 5.41) is 13.0. The molecule has 0 saturated carbocycles. The highest BCUT2D eigenvalue weighted by molar-refractivity contribution is 7.16. The second kappa shape index (κ2) is 5.77. The number of allylic oxidation sites excluding steroid dienone is 1. The van der Waals surface area contributed by atoms with Crippen LogP contribution < -0.4 is 5.32 Å². The van der Waals surface area contributed by atoms with E-state index in [2.05, 4.69) is 28.4 Å². The first-order valence-electron chi connectivity index (χ1n) is 5.10. The largest absolute Gasteiger partial charge is 0.506 e. The average Bonchev–Trinajstić information content (AvgIpc) is 2.18. The van der Waals surface area contributed by atoms with E-state index in [0.717, 1.165) is 17.4 Å². The molecule has 0 aliphatic rings. The first-order chi connectivity index (χ1) is 7.15. The molecule has 1 aromatic rings. The maximum Gasteiger partial charge on any atom is 0.139 e. The molecular formula is C12H18NOP. The number of hydrogen-bond donors (Lipinski definition) is 2. The number of aromatic hydroxyl groups is 1. The Hall–Kier alpha value is -1.01. The lowest BCUT2D eigenvalue weighted by molar-refractivity contribution is 0.476. The molecule has 0 amide bonds. The van der Waals surface area contributed by atoms with Gasteiger partial charge in [0, 0.05) is 11.6 Å². The van der Waals surface area contributed by atoms with Crippen molar-refractivity contribution >= 4 is 21.0 Å². The van der Waals surface area contributed by atoms with Crippen molar-refractivity contribution in [3.05, 3.63) is 29.8 Å². The van der Waals surface area contributed by atoms with Crippen LogP contribution in [-0.4, -0.2) is 17.3 Å². The van der Waals surface area contributed by atoms with Crippen molar-refractivity contribution in [2.75, 3.05) is 11.5 Å². The summed E-state index contributed by atoms with van der Waals surface area (Å²) in [4.78, 5) is 0. The van der Waals surface area contributed by atoms with Crippen LogP contribution in [0.15, 0.2) is 24.3 Å². The van der Waals surface area contributed by atoms with Crippen LogP contribution in [0.1, 0.15) is 19.4 Å². The Balaban J connectivity index is 3.02. The Bertz CT molecular complexity index is 347. The molecule has 0 bridgehead atoms. The number of phenols is 1. The van der Waals surface area contributed by atoms with Crippen molar-refractivity contribution in [3.8, 4) is 5.75 Å². The van der Waals surface area contributed by atoms with Crippen molar-refractivity contribution in [2.24, 2.45) is 0 Å². The van der Waals surface area contributed by atoms with Crippen LogP contribution in [0.4, 0.5) is 5.69 Å². The molecule has 15 heavy (non-hydrogen) atoms. The molecule has 2 nitrogen and oxygen atoms in total. The third-order valence-electron chi connectivity index (χ3n) is 1.94. The van der Waals surface area contributed by atoms with Crippen LogP contribution in [0.3, 0.4) is 0 Å². The van der Waals surface area contributed by atoms with Gasteiger partial charge in [-0.2, -0.15) is 0 Å². The quantitative estimate of drug-likeness (QED) is 0.607. The zero-order chi connectivity index (χ0) is 11.3. The maximum absolute atomic E-state index is 9.74. The van der Waals surface area contributed by atoms with Crippen molar-refractivity contribution in [1.82, 2.24) is 0 Å². The van der Waals surface area contributed by atoms with E-state index in [1.54, 1.807) is 6.07 Å². The van der Waals surface area contributed by atoms with Crippen LogP contribution in [0.2, 0.25) is 0 Å².